The monoisotopic (exact) mass is 385 g/mol. The summed E-state index contributed by atoms with van der Waals surface area (Å²) in [7, 11) is 1.52. The number of hydrogen-bond acceptors (Lipinski definition) is 6. The van der Waals surface area contributed by atoms with Gasteiger partial charge in [-0.2, -0.15) is 0 Å². The largest absolute Gasteiger partial charge is 0.497 e. The van der Waals surface area contributed by atoms with E-state index < -0.39 is 37.0 Å². The third-order valence-corrected chi connectivity index (χ3v) is 3.39. The molecule has 3 N–H and O–H groups in total. The second kappa shape index (κ2) is 10.3. The van der Waals surface area contributed by atoms with Crippen molar-refractivity contribution in [3.63, 3.8) is 0 Å². The number of nitrogens with one attached hydrogen (secondary N) is 3. The quantitative estimate of drug-likeness (QED) is 0.618. The molecule has 0 saturated heterocycles. The Hall–Kier alpha value is -3.88. The van der Waals surface area contributed by atoms with Crippen LogP contribution in [0.15, 0.2) is 54.6 Å². The molecule has 0 aromatic heterocycles. The first-order chi connectivity index (χ1) is 13.5. The predicted octanol–water partition coefficient (Wildman–Crippen LogP) is 1.32. The van der Waals surface area contributed by atoms with E-state index in [2.05, 4.69) is 10.6 Å². The van der Waals surface area contributed by atoms with E-state index in [-0.39, 0.29) is 0 Å². The standard InChI is InChI=1S/C19H19N3O6/c1-27-15-9-7-14(8-10-15)21-19(26)22-16(23)12-28-17(24)11-20-18(25)13-5-3-2-4-6-13/h2-10H,11-12H2,1H3,(H,20,25)(H2,21,22,23,26). The number of imide groups is 1. The molecule has 0 aliphatic carbocycles. The number of urea groups is 1. The SMILES string of the molecule is COc1ccc(NC(=O)NC(=O)COC(=O)CNC(=O)c2ccccc2)cc1. The Balaban J connectivity index is 1.67. The van der Waals surface area contributed by atoms with E-state index in [1.807, 2.05) is 5.32 Å². The summed E-state index contributed by atoms with van der Waals surface area (Å²) in [5.41, 5.74) is 0.843. The highest BCUT2D eigenvalue weighted by molar-refractivity contribution is 6.02. The second-order valence-corrected chi connectivity index (χ2v) is 5.44. The molecular formula is C19H19N3O6. The van der Waals surface area contributed by atoms with Crippen LogP contribution >= 0.6 is 0 Å². The lowest BCUT2D eigenvalue weighted by Crippen LogP contribution is -2.38. The third kappa shape index (κ3) is 6.79. The van der Waals surface area contributed by atoms with E-state index in [0.29, 0.717) is 17.0 Å². The minimum absolute atomic E-state index is 0.392. The summed E-state index contributed by atoms with van der Waals surface area (Å²) >= 11 is 0. The highest BCUT2D eigenvalue weighted by Crippen LogP contribution is 2.14. The number of rotatable bonds is 7. The van der Waals surface area contributed by atoms with E-state index >= 15 is 0 Å². The van der Waals surface area contributed by atoms with Crippen molar-refractivity contribution in [2.45, 2.75) is 0 Å². The fraction of sp³-hybridized carbons (Fsp3) is 0.158. The van der Waals surface area contributed by atoms with Crippen LogP contribution in [0.1, 0.15) is 10.4 Å². The zero-order valence-electron chi connectivity index (χ0n) is 15.1. The van der Waals surface area contributed by atoms with Gasteiger partial charge in [-0.05, 0) is 36.4 Å². The van der Waals surface area contributed by atoms with E-state index in [0.717, 1.165) is 0 Å². The highest BCUT2D eigenvalue weighted by Gasteiger charge is 2.12. The van der Waals surface area contributed by atoms with Crippen molar-refractivity contribution in [1.29, 1.82) is 0 Å². The van der Waals surface area contributed by atoms with Crippen molar-refractivity contribution in [1.82, 2.24) is 10.6 Å². The Morgan fingerprint density at radius 1 is 0.929 bits per heavy atom. The topological polar surface area (TPSA) is 123 Å². The van der Waals surface area contributed by atoms with Gasteiger partial charge in [0.15, 0.2) is 6.61 Å². The van der Waals surface area contributed by atoms with Crippen LogP contribution in [0, 0.1) is 0 Å². The normalized spacial score (nSPS) is 9.75. The Labute approximate surface area is 161 Å². The van der Waals surface area contributed by atoms with Gasteiger partial charge in [-0.15, -0.1) is 0 Å². The first-order valence-corrected chi connectivity index (χ1v) is 8.21. The molecule has 0 fully saturated rings. The van der Waals surface area contributed by atoms with Gasteiger partial charge in [0, 0.05) is 11.3 Å². The van der Waals surface area contributed by atoms with Gasteiger partial charge in [-0.25, -0.2) is 4.79 Å². The number of carbonyl (C=O) groups is 4. The van der Waals surface area contributed by atoms with Crippen molar-refractivity contribution in [3.8, 4) is 5.75 Å². The van der Waals surface area contributed by atoms with Crippen molar-refractivity contribution < 1.29 is 28.7 Å². The Morgan fingerprint density at radius 2 is 1.61 bits per heavy atom. The second-order valence-electron chi connectivity index (χ2n) is 5.44. The molecule has 2 aromatic rings. The van der Waals surface area contributed by atoms with Crippen molar-refractivity contribution >= 4 is 29.5 Å². The average Bonchev–Trinajstić information content (AvgIpc) is 2.71. The molecule has 2 aromatic carbocycles. The van der Waals surface area contributed by atoms with Crippen LogP contribution in [0.25, 0.3) is 0 Å². The van der Waals surface area contributed by atoms with Gasteiger partial charge in [0.2, 0.25) is 0 Å². The predicted molar refractivity (Wildman–Crippen MR) is 99.9 cm³/mol. The van der Waals surface area contributed by atoms with Crippen LogP contribution in [0.5, 0.6) is 5.75 Å². The molecular weight excluding hydrogens is 366 g/mol. The first kappa shape index (κ1) is 20.4. The molecule has 0 atom stereocenters. The molecule has 0 saturated carbocycles. The molecule has 0 aliphatic heterocycles. The van der Waals surface area contributed by atoms with Gasteiger partial charge in [0.1, 0.15) is 12.3 Å². The fourth-order valence-corrected chi connectivity index (χ4v) is 2.04. The lowest BCUT2D eigenvalue weighted by Gasteiger charge is -2.08. The number of amides is 4. The molecule has 146 valence electrons. The smallest absolute Gasteiger partial charge is 0.325 e. The van der Waals surface area contributed by atoms with Crippen LogP contribution in [0.4, 0.5) is 10.5 Å². The molecule has 9 heteroatoms. The van der Waals surface area contributed by atoms with Crippen molar-refractivity contribution in [3.05, 3.63) is 60.2 Å². The zero-order chi connectivity index (χ0) is 20.4. The number of carbonyl (C=O) groups excluding carboxylic acids is 4. The molecule has 0 heterocycles. The Morgan fingerprint density at radius 3 is 2.25 bits per heavy atom. The molecule has 4 amide bonds. The summed E-state index contributed by atoms with van der Waals surface area (Å²) in [4.78, 5) is 46.8. The number of hydrogen-bond donors (Lipinski definition) is 3. The number of ether oxygens (including phenoxy) is 2. The molecule has 0 radical (unpaired) electrons. The van der Waals surface area contributed by atoms with Crippen molar-refractivity contribution in [2.75, 3.05) is 25.6 Å². The van der Waals surface area contributed by atoms with E-state index in [1.54, 1.807) is 54.6 Å². The van der Waals surface area contributed by atoms with Crippen LogP contribution in [0.2, 0.25) is 0 Å². The zero-order valence-corrected chi connectivity index (χ0v) is 15.1. The first-order valence-electron chi connectivity index (χ1n) is 8.21. The van der Waals surface area contributed by atoms with E-state index in [9.17, 15) is 19.2 Å². The maximum atomic E-state index is 11.8. The van der Waals surface area contributed by atoms with Crippen LogP contribution < -0.4 is 20.7 Å². The Kier molecular flexibility index (Phi) is 7.53. The fourth-order valence-electron chi connectivity index (χ4n) is 2.04. The summed E-state index contributed by atoms with van der Waals surface area (Å²) in [5, 5.41) is 6.83. The molecule has 0 unspecified atom stereocenters. The molecule has 0 spiro atoms. The van der Waals surface area contributed by atoms with Gasteiger partial charge in [0.25, 0.3) is 11.8 Å². The maximum absolute atomic E-state index is 11.8. The number of esters is 1. The molecule has 2 rings (SSSR count). The minimum Gasteiger partial charge on any atom is -0.497 e. The number of anilines is 1. The van der Waals surface area contributed by atoms with Crippen LogP contribution in [0.3, 0.4) is 0 Å². The van der Waals surface area contributed by atoms with E-state index in [4.69, 9.17) is 9.47 Å². The maximum Gasteiger partial charge on any atom is 0.325 e. The summed E-state index contributed by atoms with van der Waals surface area (Å²) in [6, 6.07) is 14.0. The third-order valence-electron chi connectivity index (χ3n) is 3.39. The lowest BCUT2D eigenvalue weighted by molar-refractivity contribution is -0.147. The average molecular weight is 385 g/mol. The van der Waals surface area contributed by atoms with Gasteiger partial charge < -0.3 is 20.1 Å². The highest BCUT2D eigenvalue weighted by atomic mass is 16.5. The molecule has 0 bridgehead atoms. The summed E-state index contributed by atoms with van der Waals surface area (Å²) in [6.07, 6.45) is 0. The number of methoxy groups -OCH3 is 1. The van der Waals surface area contributed by atoms with Crippen molar-refractivity contribution in [2.24, 2.45) is 0 Å². The lowest BCUT2D eigenvalue weighted by atomic mass is 10.2. The van der Waals surface area contributed by atoms with Gasteiger partial charge in [-0.1, -0.05) is 18.2 Å². The van der Waals surface area contributed by atoms with Gasteiger partial charge >= 0.3 is 12.0 Å². The molecule has 9 nitrogen and oxygen atoms in total. The minimum atomic E-state index is -0.811. The number of benzene rings is 2. The molecule has 0 aliphatic rings. The summed E-state index contributed by atoms with van der Waals surface area (Å²) < 4.78 is 9.70. The summed E-state index contributed by atoms with van der Waals surface area (Å²) in [5.74, 6) is -1.45. The summed E-state index contributed by atoms with van der Waals surface area (Å²) in [6.45, 7) is -1.06. The van der Waals surface area contributed by atoms with Gasteiger partial charge in [-0.3, -0.25) is 19.7 Å². The Bertz CT molecular complexity index is 837. The van der Waals surface area contributed by atoms with Crippen LogP contribution in [-0.2, 0) is 14.3 Å². The van der Waals surface area contributed by atoms with Gasteiger partial charge in [0.05, 0.1) is 7.11 Å². The molecule has 28 heavy (non-hydrogen) atoms. The van der Waals surface area contributed by atoms with Crippen LogP contribution in [-0.4, -0.2) is 44.1 Å². The van der Waals surface area contributed by atoms with E-state index in [1.165, 1.54) is 7.11 Å².